The van der Waals surface area contributed by atoms with Crippen molar-refractivity contribution in [1.29, 1.82) is 0 Å². The van der Waals surface area contributed by atoms with E-state index in [1.807, 2.05) is 11.8 Å². The normalized spacial score (nSPS) is 24.8. The smallest absolute Gasteiger partial charge is 0.408 e. The highest BCUT2D eigenvalue weighted by molar-refractivity contribution is 5.85. The van der Waals surface area contributed by atoms with Gasteiger partial charge in [0.2, 0.25) is 5.91 Å². The summed E-state index contributed by atoms with van der Waals surface area (Å²) in [5.74, 6) is -0.0276. The van der Waals surface area contributed by atoms with Crippen molar-refractivity contribution in [3.63, 3.8) is 0 Å². The molecule has 0 saturated carbocycles. The van der Waals surface area contributed by atoms with Gasteiger partial charge in [-0.1, -0.05) is 6.92 Å². The lowest BCUT2D eigenvalue weighted by Crippen LogP contribution is -2.60. The number of likely N-dealkylation sites (N-methyl/N-ethyl adjacent to an activating group) is 1. The molecule has 2 amide bonds. The van der Waals surface area contributed by atoms with Crippen LogP contribution in [0, 0.1) is 0 Å². The first-order valence-corrected chi connectivity index (χ1v) is 8.05. The molecule has 1 heterocycles. The Morgan fingerprint density at radius 3 is 2.14 bits per heavy atom. The first-order valence-electron chi connectivity index (χ1n) is 8.05. The highest BCUT2D eigenvalue weighted by Crippen LogP contribution is 2.15. The van der Waals surface area contributed by atoms with Crippen molar-refractivity contribution in [2.24, 2.45) is 0 Å². The lowest BCUT2D eigenvalue weighted by Gasteiger charge is -2.43. The molecule has 1 N–H and O–H groups in total. The topological polar surface area (TPSA) is 61.9 Å². The first-order chi connectivity index (χ1) is 10.0. The monoisotopic (exact) mass is 313 g/mol. The maximum atomic E-state index is 12.7. The van der Waals surface area contributed by atoms with Crippen LogP contribution in [0.15, 0.2) is 0 Å². The summed E-state index contributed by atoms with van der Waals surface area (Å²) in [5.41, 5.74) is -0.567. The third-order valence-corrected chi connectivity index (χ3v) is 4.07. The largest absolute Gasteiger partial charge is 0.444 e. The number of carbonyl (C=O) groups is 2. The van der Waals surface area contributed by atoms with Gasteiger partial charge in [-0.25, -0.2) is 4.79 Å². The Bertz CT molecular complexity index is 394. The zero-order valence-corrected chi connectivity index (χ0v) is 15.0. The average molecular weight is 313 g/mol. The van der Waals surface area contributed by atoms with Gasteiger partial charge in [-0.05, 0) is 48.1 Å². The van der Waals surface area contributed by atoms with Crippen LogP contribution in [0.2, 0.25) is 0 Å². The molecular weight excluding hydrogens is 282 g/mol. The SMILES string of the molecule is CCC(NC(=O)OC(C)(C)C)C(=O)N1C[C@@H](C)N(C)[C@@H](C)C1. The van der Waals surface area contributed by atoms with Crippen LogP contribution < -0.4 is 5.32 Å². The molecule has 1 saturated heterocycles. The minimum absolute atomic E-state index is 0.0276. The Kier molecular flexibility index (Phi) is 6.23. The zero-order chi connectivity index (χ0) is 17.1. The number of hydrogen-bond acceptors (Lipinski definition) is 4. The molecule has 0 bridgehead atoms. The van der Waals surface area contributed by atoms with Crippen LogP contribution in [0.1, 0.15) is 48.0 Å². The summed E-state index contributed by atoms with van der Waals surface area (Å²) in [6, 6.07) is 0.0936. The average Bonchev–Trinajstić information content (AvgIpc) is 2.38. The zero-order valence-electron chi connectivity index (χ0n) is 15.0. The highest BCUT2D eigenvalue weighted by Gasteiger charge is 2.33. The summed E-state index contributed by atoms with van der Waals surface area (Å²) < 4.78 is 5.24. The molecule has 0 spiro atoms. The number of alkyl carbamates (subject to hydrolysis) is 1. The fraction of sp³-hybridized carbons (Fsp3) is 0.875. The second-order valence-corrected chi connectivity index (χ2v) is 7.21. The maximum absolute atomic E-state index is 12.7. The van der Waals surface area contributed by atoms with Gasteiger partial charge in [-0.15, -0.1) is 0 Å². The van der Waals surface area contributed by atoms with Gasteiger partial charge < -0.3 is 15.0 Å². The van der Waals surface area contributed by atoms with Crippen LogP contribution in [0.25, 0.3) is 0 Å². The van der Waals surface area contributed by atoms with Gasteiger partial charge in [0, 0.05) is 25.2 Å². The number of nitrogens with zero attached hydrogens (tertiary/aromatic N) is 2. The van der Waals surface area contributed by atoms with Crippen LogP contribution >= 0.6 is 0 Å². The molecule has 1 rings (SSSR count). The van der Waals surface area contributed by atoms with Crippen molar-refractivity contribution in [3.8, 4) is 0 Å². The number of hydrogen-bond donors (Lipinski definition) is 1. The van der Waals surface area contributed by atoms with E-state index in [0.29, 0.717) is 31.6 Å². The Morgan fingerprint density at radius 1 is 1.23 bits per heavy atom. The summed E-state index contributed by atoms with van der Waals surface area (Å²) >= 11 is 0. The predicted octanol–water partition coefficient (Wildman–Crippen LogP) is 1.84. The van der Waals surface area contributed by atoms with Crippen molar-refractivity contribution >= 4 is 12.0 Å². The number of amides is 2. The molecule has 0 aromatic rings. The van der Waals surface area contributed by atoms with E-state index >= 15 is 0 Å². The van der Waals surface area contributed by atoms with Crippen LogP contribution in [-0.4, -0.2) is 65.7 Å². The summed E-state index contributed by atoms with van der Waals surface area (Å²) in [7, 11) is 2.08. The van der Waals surface area contributed by atoms with Gasteiger partial charge in [0.05, 0.1) is 0 Å². The third-order valence-electron chi connectivity index (χ3n) is 4.07. The molecule has 3 atom stereocenters. The van der Waals surface area contributed by atoms with Gasteiger partial charge in [0.1, 0.15) is 11.6 Å². The van der Waals surface area contributed by atoms with E-state index in [0.717, 1.165) is 0 Å². The maximum Gasteiger partial charge on any atom is 0.408 e. The molecule has 1 unspecified atom stereocenters. The van der Waals surface area contributed by atoms with E-state index in [4.69, 9.17) is 4.74 Å². The van der Waals surface area contributed by atoms with Crippen molar-refractivity contribution in [2.75, 3.05) is 20.1 Å². The molecule has 0 aliphatic carbocycles. The predicted molar refractivity (Wildman–Crippen MR) is 86.7 cm³/mol. The van der Waals surface area contributed by atoms with Gasteiger partial charge in [0.15, 0.2) is 0 Å². The highest BCUT2D eigenvalue weighted by atomic mass is 16.6. The van der Waals surface area contributed by atoms with Crippen LogP contribution in [0.3, 0.4) is 0 Å². The van der Waals surface area contributed by atoms with Crippen molar-refractivity contribution < 1.29 is 14.3 Å². The molecule has 0 aromatic heterocycles. The molecule has 0 aromatic carbocycles. The number of ether oxygens (including phenoxy) is 1. The minimum Gasteiger partial charge on any atom is -0.444 e. The molecule has 22 heavy (non-hydrogen) atoms. The van der Waals surface area contributed by atoms with Crippen LogP contribution in [-0.2, 0) is 9.53 Å². The number of nitrogens with one attached hydrogen (secondary N) is 1. The fourth-order valence-corrected chi connectivity index (χ4v) is 2.59. The van der Waals surface area contributed by atoms with E-state index < -0.39 is 17.7 Å². The molecule has 1 aliphatic heterocycles. The Morgan fingerprint density at radius 2 is 1.73 bits per heavy atom. The van der Waals surface area contributed by atoms with Gasteiger partial charge in [-0.2, -0.15) is 0 Å². The van der Waals surface area contributed by atoms with Crippen molar-refractivity contribution in [1.82, 2.24) is 15.1 Å². The van der Waals surface area contributed by atoms with Gasteiger partial charge >= 0.3 is 6.09 Å². The molecule has 6 heteroatoms. The van der Waals surface area contributed by atoms with Crippen LogP contribution in [0.5, 0.6) is 0 Å². The fourth-order valence-electron chi connectivity index (χ4n) is 2.59. The second kappa shape index (κ2) is 7.31. The molecule has 0 radical (unpaired) electrons. The first kappa shape index (κ1) is 18.7. The molecule has 1 fully saturated rings. The molecule has 128 valence electrons. The summed E-state index contributed by atoms with van der Waals surface area (Å²) in [4.78, 5) is 28.7. The summed E-state index contributed by atoms with van der Waals surface area (Å²) in [6.45, 7) is 12.9. The van der Waals surface area contributed by atoms with Crippen molar-refractivity contribution in [3.05, 3.63) is 0 Å². The molecular formula is C16H31N3O3. The van der Waals surface area contributed by atoms with Crippen molar-refractivity contribution in [2.45, 2.75) is 71.7 Å². The van der Waals surface area contributed by atoms with Gasteiger partial charge in [0.25, 0.3) is 0 Å². The molecule has 1 aliphatic rings. The van der Waals surface area contributed by atoms with Crippen LogP contribution in [0.4, 0.5) is 4.79 Å². The Balaban J connectivity index is 2.66. The van der Waals surface area contributed by atoms with E-state index in [-0.39, 0.29) is 5.91 Å². The minimum atomic E-state index is -0.567. The third kappa shape index (κ3) is 5.16. The van der Waals surface area contributed by atoms with E-state index in [9.17, 15) is 9.59 Å². The number of piperazine rings is 1. The van der Waals surface area contributed by atoms with Gasteiger partial charge in [-0.3, -0.25) is 9.69 Å². The molecule has 6 nitrogen and oxygen atoms in total. The van der Waals surface area contributed by atoms with E-state index in [1.165, 1.54) is 0 Å². The lowest BCUT2D eigenvalue weighted by molar-refractivity contribution is -0.137. The second-order valence-electron chi connectivity index (χ2n) is 7.21. The summed E-state index contributed by atoms with van der Waals surface area (Å²) in [6.07, 6.45) is 0.00983. The van der Waals surface area contributed by atoms with E-state index in [2.05, 4.69) is 31.1 Å². The Hall–Kier alpha value is -1.30. The summed E-state index contributed by atoms with van der Waals surface area (Å²) in [5, 5.41) is 2.70. The quantitative estimate of drug-likeness (QED) is 0.863. The Labute approximate surface area is 134 Å². The number of rotatable bonds is 3. The van der Waals surface area contributed by atoms with E-state index in [1.54, 1.807) is 20.8 Å². The standard InChI is InChI=1S/C16H31N3O3/c1-8-13(17-15(21)22-16(4,5)6)14(20)19-9-11(2)18(7)12(3)10-19/h11-13H,8-10H2,1-7H3,(H,17,21)/t11-,12+,13?. The lowest BCUT2D eigenvalue weighted by atomic mass is 10.1. The number of carbonyl (C=O) groups excluding carboxylic acids is 2.